The number of nitrogens with zero attached hydrogens (tertiary/aromatic N) is 4. The molecule has 0 saturated carbocycles. The molecule has 29 heavy (non-hydrogen) atoms. The molecular formula is C20H21N7O2. The number of hydrogen-bond donors (Lipinski definition) is 3. The lowest BCUT2D eigenvalue weighted by atomic mass is 9.89. The Morgan fingerprint density at radius 2 is 1.97 bits per heavy atom. The number of nitrogens with two attached hydrogens (primary N) is 2. The Kier molecular flexibility index (Phi) is 4.50. The number of nitrogen functional groups attached to an aromatic ring is 2. The average Bonchev–Trinajstić information content (AvgIpc) is 2.67. The summed E-state index contributed by atoms with van der Waals surface area (Å²) in [5.74, 6) is 0.409. The van der Waals surface area contributed by atoms with Crippen LogP contribution >= 0.6 is 0 Å². The van der Waals surface area contributed by atoms with Crippen molar-refractivity contribution in [1.82, 2.24) is 25.3 Å². The number of carbonyl (C=O) groups excluding carboxylic acids is 1. The number of carbonyl (C=O) groups is 1. The van der Waals surface area contributed by atoms with E-state index >= 15 is 0 Å². The Labute approximate surface area is 167 Å². The molecule has 0 aliphatic carbocycles. The maximum Gasteiger partial charge on any atom is 0.257 e. The third-order valence-electron chi connectivity index (χ3n) is 4.93. The molecule has 0 radical (unpaired) electrons. The van der Waals surface area contributed by atoms with E-state index in [0.717, 1.165) is 16.7 Å². The number of aromatic nitrogens is 4. The molecule has 0 unspecified atom stereocenters. The van der Waals surface area contributed by atoms with Crippen LogP contribution in [0, 0.1) is 13.8 Å². The van der Waals surface area contributed by atoms with Gasteiger partial charge in [-0.2, -0.15) is 0 Å². The Morgan fingerprint density at radius 3 is 2.72 bits per heavy atom. The van der Waals surface area contributed by atoms with Crippen molar-refractivity contribution in [1.29, 1.82) is 0 Å². The van der Waals surface area contributed by atoms with Gasteiger partial charge in [0.25, 0.3) is 11.8 Å². The molecule has 1 aliphatic heterocycles. The second-order valence-electron chi connectivity index (χ2n) is 6.96. The van der Waals surface area contributed by atoms with E-state index in [9.17, 15) is 4.79 Å². The number of fused-ring (bicyclic) bond motifs is 1. The monoisotopic (exact) mass is 391 g/mol. The number of methoxy groups -OCH3 is 1. The fraction of sp³-hybridized carbons (Fsp3) is 0.250. The lowest BCUT2D eigenvalue weighted by Crippen LogP contribution is -2.37. The summed E-state index contributed by atoms with van der Waals surface area (Å²) in [6.45, 7) is 3.74. The first-order valence-electron chi connectivity index (χ1n) is 9.08. The number of hydrogen-bond acceptors (Lipinski definition) is 8. The number of ether oxygens (including phenoxy) is 1. The molecule has 9 heteroatoms. The maximum atomic E-state index is 12.8. The highest BCUT2D eigenvalue weighted by atomic mass is 16.5. The van der Waals surface area contributed by atoms with E-state index in [0.29, 0.717) is 29.1 Å². The number of aryl methyl sites for hydroxylation is 2. The summed E-state index contributed by atoms with van der Waals surface area (Å²) in [4.78, 5) is 29.8. The van der Waals surface area contributed by atoms with Crippen molar-refractivity contribution >= 4 is 17.7 Å². The van der Waals surface area contributed by atoms with Crippen molar-refractivity contribution in [3.63, 3.8) is 0 Å². The van der Waals surface area contributed by atoms with Crippen LogP contribution < -0.4 is 21.5 Å². The van der Waals surface area contributed by atoms with Crippen LogP contribution in [0.2, 0.25) is 0 Å². The van der Waals surface area contributed by atoms with Crippen molar-refractivity contribution in [2.24, 2.45) is 0 Å². The molecule has 0 bridgehead atoms. The zero-order valence-corrected chi connectivity index (χ0v) is 16.4. The molecule has 4 rings (SSSR count). The van der Waals surface area contributed by atoms with Gasteiger partial charge in [-0.1, -0.05) is 17.7 Å². The van der Waals surface area contributed by atoms with Crippen molar-refractivity contribution in [2.75, 3.05) is 18.6 Å². The summed E-state index contributed by atoms with van der Waals surface area (Å²) in [6, 6.07) is 5.66. The van der Waals surface area contributed by atoms with Gasteiger partial charge in [-0.15, -0.1) is 0 Å². The van der Waals surface area contributed by atoms with Gasteiger partial charge in [0, 0.05) is 12.0 Å². The quantitative estimate of drug-likeness (QED) is 0.613. The van der Waals surface area contributed by atoms with Gasteiger partial charge in [0.15, 0.2) is 5.82 Å². The van der Waals surface area contributed by atoms with E-state index in [1.165, 1.54) is 7.11 Å². The zero-order valence-electron chi connectivity index (χ0n) is 16.4. The van der Waals surface area contributed by atoms with E-state index in [1.807, 2.05) is 25.1 Å². The molecule has 0 spiro atoms. The third-order valence-corrected chi connectivity index (χ3v) is 4.93. The maximum absolute atomic E-state index is 12.8. The summed E-state index contributed by atoms with van der Waals surface area (Å²) in [6.07, 6.45) is 2.09. The molecule has 0 fully saturated rings. The predicted octanol–water partition coefficient (Wildman–Crippen LogP) is 1.75. The van der Waals surface area contributed by atoms with Gasteiger partial charge in [-0.05, 0) is 25.5 Å². The SMILES string of the molecule is COc1nc(-c2cc(C)ccc2[C@H]2Cc3nc(N)nc(C)c3C(=O)N2)cnc1N. The van der Waals surface area contributed by atoms with Crippen LogP contribution in [0.5, 0.6) is 5.88 Å². The molecule has 0 saturated heterocycles. The minimum absolute atomic E-state index is 0.160. The highest BCUT2D eigenvalue weighted by Gasteiger charge is 2.30. The summed E-state index contributed by atoms with van der Waals surface area (Å²) in [5, 5.41) is 3.05. The smallest absolute Gasteiger partial charge is 0.257 e. The highest BCUT2D eigenvalue weighted by Crippen LogP contribution is 2.34. The number of nitrogens with one attached hydrogen (secondary N) is 1. The van der Waals surface area contributed by atoms with Crippen LogP contribution in [0.1, 0.15) is 38.9 Å². The summed E-state index contributed by atoms with van der Waals surface area (Å²) < 4.78 is 5.21. The number of anilines is 2. The van der Waals surface area contributed by atoms with Crippen LogP contribution in [0.25, 0.3) is 11.3 Å². The Bertz CT molecular complexity index is 1130. The second-order valence-corrected chi connectivity index (χ2v) is 6.96. The number of amides is 1. The number of benzene rings is 1. The minimum atomic E-state index is -0.301. The van der Waals surface area contributed by atoms with E-state index in [2.05, 4.69) is 25.3 Å². The standard InChI is InChI=1S/C20H21N7O2/c1-9-4-5-11(12(6-9)15-8-23-17(21)19(26-15)29-3)13-7-14-16(18(28)25-13)10(2)24-20(22)27-14/h4-6,8,13H,7H2,1-3H3,(H2,21,23)(H,25,28)(H2,22,24,27)/t13-/m1/s1. The van der Waals surface area contributed by atoms with Gasteiger partial charge in [-0.25, -0.2) is 19.9 Å². The van der Waals surface area contributed by atoms with E-state index in [-0.39, 0.29) is 29.6 Å². The Hall–Kier alpha value is -3.75. The summed E-state index contributed by atoms with van der Waals surface area (Å²) >= 11 is 0. The van der Waals surface area contributed by atoms with E-state index < -0.39 is 0 Å². The Balaban J connectivity index is 1.82. The lowest BCUT2D eigenvalue weighted by molar-refractivity contribution is 0.0922. The molecule has 2 aromatic heterocycles. The van der Waals surface area contributed by atoms with E-state index in [4.69, 9.17) is 16.2 Å². The Morgan fingerprint density at radius 1 is 1.17 bits per heavy atom. The molecule has 1 aromatic carbocycles. The highest BCUT2D eigenvalue weighted by molar-refractivity contribution is 5.98. The second kappa shape index (κ2) is 7.01. The normalized spacial score (nSPS) is 15.6. The van der Waals surface area contributed by atoms with Gasteiger partial charge in [0.1, 0.15) is 0 Å². The minimum Gasteiger partial charge on any atom is -0.478 e. The van der Waals surface area contributed by atoms with Crippen LogP contribution in [0.4, 0.5) is 11.8 Å². The molecule has 9 nitrogen and oxygen atoms in total. The fourth-order valence-electron chi connectivity index (χ4n) is 3.62. The molecular weight excluding hydrogens is 370 g/mol. The van der Waals surface area contributed by atoms with Crippen LogP contribution in [0.3, 0.4) is 0 Å². The zero-order chi connectivity index (χ0) is 20.7. The first-order chi connectivity index (χ1) is 13.9. The van der Waals surface area contributed by atoms with Gasteiger partial charge in [0.2, 0.25) is 5.95 Å². The molecule has 148 valence electrons. The average molecular weight is 391 g/mol. The van der Waals surface area contributed by atoms with Gasteiger partial charge < -0.3 is 21.5 Å². The molecule has 1 aliphatic rings. The van der Waals surface area contributed by atoms with E-state index in [1.54, 1.807) is 13.1 Å². The van der Waals surface area contributed by atoms with Crippen LogP contribution in [-0.2, 0) is 6.42 Å². The van der Waals surface area contributed by atoms with Crippen LogP contribution in [-0.4, -0.2) is 33.0 Å². The molecule has 3 aromatic rings. The summed E-state index contributed by atoms with van der Waals surface area (Å²) in [5.41, 5.74) is 16.7. The third kappa shape index (κ3) is 3.31. The van der Waals surface area contributed by atoms with Crippen molar-refractivity contribution in [3.8, 4) is 17.1 Å². The molecule has 1 amide bonds. The lowest BCUT2D eigenvalue weighted by Gasteiger charge is -2.27. The first kappa shape index (κ1) is 18.6. The summed E-state index contributed by atoms with van der Waals surface area (Å²) in [7, 11) is 1.49. The van der Waals surface area contributed by atoms with Crippen molar-refractivity contribution in [2.45, 2.75) is 26.3 Å². The van der Waals surface area contributed by atoms with Crippen molar-refractivity contribution < 1.29 is 9.53 Å². The van der Waals surface area contributed by atoms with Gasteiger partial charge in [-0.3, -0.25) is 4.79 Å². The van der Waals surface area contributed by atoms with Gasteiger partial charge in [0.05, 0.1) is 42.0 Å². The predicted molar refractivity (Wildman–Crippen MR) is 108 cm³/mol. The number of rotatable bonds is 3. The largest absolute Gasteiger partial charge is 0.478 e. The van der Waals surface area contributed by atoms with Crippen LogP contribution in [0.15, 0.2) is 24.4 Å². The topological polar surface area (TPSA) is 142 Å². The fourth-order valence-corrected chi connectivity index (χ4v) is 3.62. The first-order valence-corrected chi connectivity index (χ1v) is 9.08. The molecule has 5 N–H and O–H groups in total. The van der Waals surface area contributed by atoms with Gasteiger partial charge >= 0.3 is 0 Å². The molecule has 1 atom stereocenters. The molecule has 3 heterocycles. The van der Waals surface area contributed by atoms with Crippen molar-refractivity contribution in [3.05, 3.63) is 52.5 Å².